The van der Waals surface area contributed by atoms with Gasteiger partial charge in [0.1, 0.15) is 0 Å². The van der Waals surface area contributed by atoms with E-state index in [9.17, 15) is 29.2 Å². The molecular weight excluding hydrogens is 586 g/mol. The summed E-state index contributed by atoms with van der Waals surface area (Å²) in [5.41, 5.74) is 0. The van der Waals surface area contributed by atoms with E-state index >= 15 is 0 Å². The number of amides is 2. The molecule has 0 spiro atoms. The van der Waals surface area contributed by atoms with Crippen LogP contribution < -0.4 is 10.6 Å². The van der Waals surface area contributed by atoms with E-state index in [-0.39, 0.29) is 43.2 Å². The van der Waals surface area contributed by atoms with Crippen LogP contribution in [0.25, 0.3) is 0 Å². The molecule has 2 saturated heterocycles. The predicted molar refractivity (Wildman–Crippen MR) is 158 cm³/mol. The van der Waals surface area contributed by atoms with Gasteiger partial charge in [-0.25, -0.2) is 0 Å². The number of carboxylic acid groups (broad SMARTS) is 1. The summed E-state index contributed by atoms with van der Waals surface area (Å²) in [4.78, 5) is 47.7. The van der Waals surface area contributed by atoms with Gasteiger partial charge >= 0.3 is 26.2 Å². The third-order valence-corrected chi connectivity index (χ3v) is 8.33. The molecule has 4 atom stereocenters. The van der Waals surface area contributed by atoms with Gasteiger partial charge in [0.15, 0.2) is 0 Å². The number of hydrogen-bond acceptors (Lipinski definition) is 11. The van der Waals surface area contributed by atoms with Gasteiger partial charge in [0.05, 0.1) is 56.4 Å². The first-order valence-electron chi connectivity index (χ1n) is 13.8. The lowest BCUT2D eigenvalue weighted by Crippen LogP contribution is -2.53. The zero-order valence-corrected chi connectivity index (χ0v) is 24.9. The highest BCUT2D eigenvalue weighted by atomic mass is 32.1. The molecule has 42 heavy (non-hydrogen) atoms. The number of carboxylic acids is 1. The van der Waals surface area contributed by atoms with Gasteiger partial charge in [-0.2, -0.15) is 0 Å². The van der Waals surface area contributed by atoms with E-state index in [1.165, 1.54) is 22.7 Å². The molecule has 4 rings (SSSR count). The van der Waals surface area contributed by atoms with Crippen LogP contribution in [0, 0.1) is 0 Å². The molecule has 2 aliphatic heterocycles. The molecule has 0 radical (unpaired) electrons. The Bertz CT molecular complexity index is 1140. The fourth-order valence-electron chi connectivity index (χ4n) is 4.58. The first-order chi connectivity index (χ1) is 20.1. The van der Waals surface area contributed by atoms with Crippen LogP contribution in [0.15, 0.2) is 35.0 Å². The van der Waals surface area contributed by atoms with Crippen LogP contribution in [0.5, 0.6) is 0 Å². The number of aliphatic carboxylic acids is 1. The van der Waals surface area contributed by atoms with Crippen molar-refractivity contribution in [3.05, 3.63) is 44.8 Å². The summed E-state index contributed by atoms with van der Waals surface area (Å²) >= 11 is 3.02. The summed E-state index contributed by atoms with van der Waals surface area (Å²) < 4.78 is 15.5. The molecular formula is C26H36B2N2O10S2. The third kappa shape index (κ3) is 11.9. The fraction of sp³-hybridized carbons (Fsp3) is 0.538. The molecule has 0 bridgehead atoms. The van der Waals surface area contributed by atoms with Crippen molar-refractivity contribution >= 4 is 60.7 Å². The second-order valence-electron chi connectivity index (χ2n) is 9.92. The number of esters is 1. The van der Waals surface area contributed by atoms with E-state index in [0.29, 0.717) is 38.7 Å². The minimum atomic E-state index is -1.15. The molecule has 2 aliphatic rings. The number of nitrogens with one attached hydrogen (secondary N) is 2. The van der Waals surface area contributed by atoms with Crippen molar-refractivity contribution in [1.29, 1.82) is 0 Å². The minimum Gasteiger partial charge on any atom is -0.481 e. The Morgan fingerprint density at radius 3 is 1.71 bits per heavy atom. The van der Waals surface area contributed by atoms with Crippen molar-refractivity contribution < 1.29 is 48.4 Å². The predicted octanol–water partition coefficient (Wildman–Crippen LogP) is 1.38. The first-order valence-corrected chi connectivity index (χ1v) is 15.6. The molecule has 0 unspecified atom stereocenters. The highest BCUT2D eigenvalue weighted by Gasteiger charge is 2.37. The highest BCUT2D eigenvalue weighted by molar-refractivity contribution is 7.10. The number of hydrogen-bond donors (Lipinski definition) is 5. The zero-order valence-electron chi connectivity index (χ0n) is 23.3. The Labute approximate surface area is 253 Å². The lowest BCUT2D eigenvalue weighted by atomic mass is 9.72. The number of carbonyl (C=O) groups excluding carboxylic acids is 3. The van der Waals surface area contributed by atoms with E-state index < -0.39 is 38.2 Å². The standard InChI is InChI=1S/C14H20BNO5S.C12H16BNO5S/c1-2-20-14(18)8-10-5-6-12(15(19)21-10)16-13(17)9-11-4-3-7-22-11;15-11(7-9-2-1-5-20-9)14-10-4-3-8(6-12(16)17)19-13(10)18/h3-4,7,10,12,19H,2,5-6,8-9H2,1H3,(H,16,17);1-2,5,8,10,18H,3-4,6-7H2,(H,14,15)(H,16,17)/t10-,12-;8-,10-/m00/s1. The molecule has 228 valence electrons. The third-order valence-electron chi connectivity index (χ3n) is 6.58. The van der Waals surface area contributed by atoms with Gasteiger partial charge in [-0.15, -0.1) is 22.7 Å². The maximum atomic E-state index is 11.9. The Morgan fingerprint density at radius 1 is 0.857 bits per heavy atom. The van der Waals surface area contributed by atoms with Gasteiger partial charge in [-0.3, -0.25) is 19.2 Å². The van der Waals surface area contributed by atoms with E-state index in [2.05, 4.69) is 10.6 Å². The molecule has 2 aromatic heterocycles. The highest BCUT2D eigenvalue weighted by Crippen LogP contribution is 2.20. The normalized spacial score (nSPS) is 22.0. The number of ether oxygens (including phenoxy) is 1. The molecule has 2 aromatic rings. The Hall–Kier alpha value is -2.75. The van der Waals surface area contributed by atoms with Crippen molar-refractivity contribution in [3.8, 4) is 0 Å². The second-order valence-corrected chi connectivity index (χ2v) is 12.0. The summed E-state index contributed by atoms with van der Waals surface area (Å²) in [6.45, 7) is 2.07. The molecule has 2 amide bonds. The lowest BCUT2D eigenvalue weighted by Gasteiger charge is -2.31. The first kappa shape index (κ1) is 33.7. The average molecular weight is 622 g/mol. The number of rotatable bonds is 11. The Morgan fingerprint density at radius 2 is 1.33 bits per heavy atom. The maximum absolute atomic E-state index is 11.9. The van der Waals surface area contributed by atoms with Crippen LogP contribution >= 0.6 is 22.7 Å². The monoisotopic (exact) mass is 622 g/mol. The van der Waals surface area contributed by atoms with Crippen LogP contribution in [0.2, 0.25) is 0 Å². The van der Waals surface area contributed by atoms with E-state index in [4.69, 9.17) is 19.2 Å². The van der Waals surface area contributed by atoms with Crippen LogP contribution in [0.1, 0.15) is 55.2 Å². The molecule has 16 heteroatoms. The van der Waals surface area contributed by atoms with Gasteiger partial charge < -0.3 is 39.8 Å². The fourth-order valence-corrected chi connectivity index (χ4v) is 5.99. The van der Waals surface area contributed by atoms with Crippen LogP contribution in [0.3, 0.4) is 0 Å². The topological polar surface area (TPSA) is 181 Å². The number of thiophene rings is 2. The molecule has 2 fully saturated rings. The van der Waals surface area contributed by atoms with Crippen LogP contribution in [0.4, 0.5) is 0 Å². The van der Waals surface area contributed by atoms with Gasteiger partial charge in [0.2, 0.25) is 11.8 Å². The quantitative estimate of drug-likeness (QED) is 0.182. The molecule has 0 aliphatic carbocycles. The van der Waals surface area contributed by atoms with Gasteiger partial charge in [0.25, 0.3) is 0 Å². The Kier molecular flexibility index (Phi) is 14.0. The smallest absolute Gasteiger partial charge is 0.478 e. The van der Waals surface area contributed by atoms with Crippen LogP contribution in [-0.2, 0) is 46.1 Å². The SMILES string of the molecule is CCOC(=O)C[C@@H]1CC[C@H](NC(=O)Cc2cccs2)B(O)O1.O=C(O)C[C@@H]1CC[C@H](NC(=O)Cc2cccs2)B(O)O1. The number of carbonyl (C=O) groups is 4. The van der Waals surface area contributed by atoms with Gasteiger partial charge in [0, 0.05) is 9.75 Å². The molecule has 5 N–H and O–H groups in total. The van der Waals surface area contributed by atoms with Crippen molar-refractivity contribution in [1.82, 2.24) is 10.6 Å². The van der Waals surface area contributed by atoms with Crippen molar-refractivity contribution in [2.45, 2.75) is 82.4 Å². The van der Waals surface area contributed by atoms with Crippen molar-refractivity contribution in [3.63, 3.8) is 0 Å². The summed E-state index contributed by atoms with van der Waals surface area (Å²) in [5.74, 6) is -2.52. The molecule has 0 saturated carbocycles. The van der Waals surface area contributed by atoms with E-state index in [0.717, 1.165) is 9.75 Å². The molecule has 4 heterocycles. The largest absolute Gasteiger partial charge is 0.481 e. The zero-order chi connectivity index (χ0) is 30.5. The van der Waals surface area contributed by atoms with Crippen molar-refractivity contribution in [2.24, 2.45) is 0 Å². The minimum absolute atomic E-state index is 0.126. The summed E-state index contributed by atoms with van der Waals surface area (Å²) in [6.07, 6.45) is 1.90. The lowest BCUT2D eigenvalue weighted by molar-refractivity contribution is -0.145. The molecule has 12 nitrogen and oxygen atoms in total. The summed E-state index contributed by atoms with van der Waals surface area (Å²) in [5, 5.41) is 37.8. The van der Waals surface area contributed by atoms with E-state index in [1.54, 1.807) is 6.92 Å². The van der Waals surface area contributed by atoms with Gasteiger partial charge in [-0.05, 0) is 55.5 Å². The van der Waals surface area contributed by atoms with E-state index in [1.807, 2.05) is 35.0 Å². The average Bonchev–Trinajstić information content (AvgIpc) is 3.62. The van der Waals surface area contributed by atoms with Crippen molar-refractivity contribution in [2.75, 3.05) is 6.61 Å². The summed E-state index contributed by atoms with van der Waals surface area (Å²) in [7, 11) is -2.25. The Balaban J connectivity index is 0.000000231. The van der Waals surface area contributed by atoms with Crippen LogP contribution in [-0.4, -0.2) is 83.8 Å². The second kappa shape index (κ2) is 17.4. The maximum Gasteiger partial charge on any atom is 0.478 e. The van der Waals surface area contributed by atoms with Gasteiger partial charge in [-0.1, -0.05) is 12.1 Å². The molecule has 0 aromatic carbocycles. The summed E-state index contributed by atoms with van der Waals surface area (Å²) in [6, 6.07) is 7.54.